The molecule has 2 bridgehead atoms. The number of hydrogen-bond donors (Lipinski definition) is 2. The summed E-state index contributed by atoms with van der Waals surface area (Å²) in [5.74, 6) is -5.69. The first-order valence-corrected chi connectivity index (χ1v) is 23.7. The number of hydrogen-bond acceptors (Lipinski definition) is 18. The van der Waals surface area contributed by atoms with E-state index in [1.807, 2.05) is 0 Å². The van der Waals surface area contributed by atoms with E-state index in [0.29, 0.717) is 5.56 Å². The number of alkyl carbamates (subject to hydrolysis) is 1. The van der Waals surface area contributed by atoms with Gasteiger partial charge in [0.25, 0.3) is 0 Å². The van der Waals surface area contributed by atoms with Crippen LogP contribution in [0.3, 0.4) is 0 Å². The molecule has 2 heterocycles. The molecule has 2 N–H and O–H groups in total. The van der Waals surface area contributed by atoms with Crippen molar-refractivity contribution in [2.45, 2.75) is 153 Å². The van der Waals surface area contributed by atoms with Crippen LogP contribution in [0.15, 0.2) is 71.8 Å². The Bertz CT molecular complexity index is 2380. The van der Waals surface area contributed by atoms with Gasteiger partial charge in [0.15, 0.2) is 17.2 Å². The lowest BCUT2D eigenvalue weighted by molar-refractivity contribution is -0.347. The summed E-state index contributed by atoms with van der Waals surface area (Å²) in [6, 6.07) is 14.7. The summed E-state index contributed by atoms with van der Waals surface area (Å²) < 4.78 is 65.8. The summed E-state index contributed by atoms with van der Waals surface area (Å²) in [4.78, 5) is 86.0. The number of carbonyl (C=O) groups excluding carboxylic acids is 6. The molecule has 2 aromatic rings. The lowest BCUT2D eigenvalue weighted by Gasteiger charge is -2.67. The highest BCUT2D eigenvalue weighted by molar-refractivity contribution is 5.94. The molecule has 12 atom stereocenters. The monoisotopic (exact) mass is 993 g/mol. The smallest absolute Gasteiger partial charge is 0.455 e. The van der Waals surface area contributed by atoms with Crippen molar-refractivity contribution in [1.82, 2.24) is 5.32 Å². The number of methoxy groups -OCH3 is 2. The van der Waals surface area contributed by atoms with Crippen LogP contribution >= 0.6 is 0 Å². The highest BCUT2D eigenvalue weighted by Crippen LogP contribution is 2.65. The van der Waals surface area contributed by atoms with Gasteiger partial charge in [-0.3, -0.25) is 9.59 Å². The van der Waals surface area contributed by atoms with Crippen molar-refractivity contribution in [2.24, 2.45) is 16.7 Å². The fraction of sp³-hybridized carbons (Fsp3) is 0.615. The Kier molecular flexibility index (Phi) is 14.9. The normalized spacial score (nSPS) is 32.5. The van der Waals surface area contributed by atoms with Crippen LogP contribution in [0.2, 0.25) is 0 Å². The molecule has 1 amide bonds. The van der Waals surface area contributed by atoms with Crippen LogP contribution in [0, 0.1) is 16.7 Å². The van der Waals surface area contributed by atoms with Crippen molar-refractivity contribution in [2.75, 3.05) is 34.0 Å². The fourth-order valence-corrected chi connectivity index (χ4v) is 11.3. The number of ether oxygens (including phenoxy) is 11. The SMILES string of the molecule is CO[C@H]1C(=O)[C@]2(C)[C@@H](OC)C[C@H]3OC[C@@]3(OC(C)=O)[C@H]2[C@H](OC(=O)c2ccccc2)C2(O)C[C@H](OC(=O)[C@H](OC(=O)OC[C@@H]3COC(C)(C)O3)[C@@H](NC(=O)OC(C)(C)C)c3ccccc3)C(C)=C1C2(C)C. The number of Topliss-reactive ketones (excluding diaryl/α,β-unsaturated/α-hetero) is 1. The average Bonchev–Trinajstić information content (AvgIpc) is 3.65. The van der Waals surface area contributed by atoms with Crippen molar-refractivity contribution < 1.29 is 86.0 Å². The van der Waals surface area contributed by atoms with Gasteiger partial charge in [0.2, 0.25) is 6.10 Å². The maximum atomic E-state index is 15.8. The van der Waals surface area contributed by atoms with Gasteiger partial charge in [0.1, 0.15) is 54.4 Å². The maximum absolute atomic E-state index is 15.8. The second-order valence-electron chi connectivity index (χ2n) is 21.1. The minimum Gasteiger partial charge on any atom is -0.455 e. The second kappa shape index (κ2) is 19.9. The second-order valence-corrected chi connectivity index (χ2v) is 21.1. The number of rotatable bonds is 13. The Morgan fingerprint density at radius 3 is 2.11 bits per heavy atom. The van der Waals surface area contributed by atoms with E-state index in [1.54, 1.807) is 111 Å². The van der Waals surface area contributed by atoms with Crippen molar-refractivity contribution in [3.05, 3.63) is 82.9 Å². The molecule has 3 aliphatic carbocycles. The topological polar surface area (TPSA) is 236 Å². The lowest BCUT2D eigenvalue weighted by atomic mass is 9.44. The van der Waals surface area contributed by atoms with Gasteiger partial charge in [-0.25, -0.2) is 19.2 Å². The predicted octanol–water partition coefficient (Wildman–Crippen LogP) is 5.88. The van der Waals surface area contributed by atoms with Crippen molar-refractivity contribution >= 4 is 35.9 Å². The average molecular weight is 994 g/mol. The molecule has 388 valence electrons. The highest BCUT2D eigenvalue weighted by atomic mass is 16.8. The number of amides is 1. The van der Waals surface area contributed by atoms with Crippen LogP contribution in [0.25, 0.3) is 0 Å². The first-order valence-electron chi connectivity index (χ1n) is 23.7. The molecular weight excluding hydrogens is 927 g/mol. The molecule has 2 aromatic carbocycles. The van der Waals surface area contributed by atoms with Gasteiger partial charge in [-0.15, -0.1) is 0 Å². The first-order chi connectivity index (χ1) is 33.2. The molecule has 0 radical (unpaired) electrons. The van der Waals surface area contributed by atoms with E-state index < -0.39 is 130 Å². The van der Waals surface area contributed by atoms with E-state index in [2.05, 4.69) is 5.32 Å². The van der Waals surface area contributed by atoms with E-state index in [4.69, 9.17) is 52.1 Å². The summed E-state index contributed by atoms with van der Waals surface area (Å²) in [5, 5.41) is 16.7. The molecule has 2 aliphatic heterocycles. The Hall–Kier alpha value is -5.44. The summed E-state index contributed by atoms with van der Waals surface area (Å²) >= 11 is 0. The van der Waals surface area contributed by atoms with Crippen LogP contribution in [0.5, 0.6) is 0 Å². The minimum absolute atomic E-state index is 0.0849. The van der Waals surface area contributed by atoms with E-state index in [0.717, 1.165) is 0 Å². The Balaban J connectivity index is 1.37. The number of carbonyl (C=O) groups is 6. The van der Waals surface area contributed by atoms with Gasteiger partial charge in [0, 0.05) is 39.4 Å². The zero-order valence-corrected chi connectivity index (χ0v) is 42.4. The molecule has 19 nitrogen and oxygen atoms in total. The van der Waals surface area contributed by atoms with E-state index in [1.165, 1.54) is 33.3 Å². The number of benzene rings is 2. The zero-order chi connectivity index (χ0) is 52.1. The predicted molar refractivity (Wildman–Crippen MR) is 248 cm³/mol. The van der Waals surface area contributed by atoms with Gasteiger partial charge in [-0.2, -0.15) is 0 Å². The Morgan fingerprint density at radius 1 is 0.915 bits per heavy atom. The molecule has 5 aliphatic rings. The fourth-order valence-electron chi connectivity index (χ4n) is 11.3. The molecule has 1 unspecified atom stereocenters. The lowest BCUT2D eigenvalue weighted by Crippen LogP contribution is -2.82. The van der Waals surface area contributed by atoms with E-state index >= 15 is 9.59 Å². The van der Waals surface area contributed by atoms with Crippen LogP contribution in [-0.4, -0.2) is 140 Å². The molecule has 19 heteroatoms. The van der Waals surface area contributed by atoms with Gasteiger partial charge in [-0.05, 0) is 77.3 Å². The third-order valence-corrected chi connectivity index (χ3v) is 14.7. The van der Waals surface area contributed by atoms with Crippen molar-refractivity contribution in [3.63, 3.8) is 0 Å². The number of aliphatic hydroxyl groups is 1. The minimum atomic E-state index is -2.32. The highest BCUT2D eigenvalue weighted by Gasteiger charge is 2.78. The Morgan fingerprint density at radius 2 is 1.56 bits per heavy atom. The molecule has 0 aromatic heterocycles. The molecular formula is C52H67NO18. The molecule has 71 heavy (non-hydrogen) atoms. The Labute approximate surface area is 413 Å². The van der Waals surface area contributed by atoms with Gasteiger partial charge < -0.3 is 62.5 Å². The van der Waals surface area contributed by atoms with Crippen LogP contribution in [0.4, 0.5) is 9.59 Å². The summed E-state index contributed by atoms with van der Waals surface area (Å²) in [7, 11) is 2.75. The number of esters is 3. The summed E-state index contributed by atoms with van der Waals surface area (Å²) in [6.45, 7) is 15.7. The van der Waals surface area contributed by atoms with Crippen LogP contribution < -0.4 is 5.32 Å². The maximum Gasteiger partial charge on any atom is 0.509 e. The van der Waals surface area contributed by atoms with Crippen LogP contribution in [-0.2, 0) is 66.5 Å². The quantitative estimate of drug-likeness (QED) is 0.135. The van der Waals surface area contributed by atoms with Crippen molar-refractivity contribution in [3.8, 4) is 0 Å². The third kappa shape index (κ3) is 10.1. The molecule has 7 rings (SSSR count). The number of ketones is 1. The van der Waals surface area contributed by atoms with E-state index in [9.17, 15) is 24.3 Å². The molecule has 2 saturated carbocycles. The van der Waals surface area contributed by atoms with Gasteiger partial charge in [0.05, 0.1) is 36.2 Å². The van der Waals surface area contributed by atoms with E-state index in [-0.39, 0.29) is 43.0 Å². The molecule has 0 spiro atoms. The largest absolute Gasteiger partial charge is 0.509 e. The van der Waals surface area contributed by atoms with Crippen LogP contribution in [0.1, 0.15) is 104 Å². The molecule has 2 saturated heterocycles. The summed E-state index contributed by atoms with van der Waals surface area (Å²) in [5.41, 5.74) is -7.35. The number of fused-ring (bicyclic) bond motifs is 5. The first kappa shape index (κ1) is 53.4. The molecule has 4 fully saturated rings. The van der Waals surface area contributed by atoms with Crippen molar-refractivity contribution in [1.29, 1.82) is 0 Å². The zero-order valence-electron chi connectivity index (χ0n) is 42.4. The van der Waals surface area contributed by atoms with Gasteiger partial charge >= 0.3 is 30.2 Å². The standard InChI is InChI=1S/C52H67NO18/c1-28-33(66-44(57)39(67-46(59)63-25-32-26-65-49(8,9)70-32)37(30-19-15-13-16-20-30)53-45(58)71-47(3,4)5)24-52(60)42(68-43(56)31-21-17-14-18-22-31)40-50(10,41(55)38(62-12)36(28)48(52,6)7)34(61-11)23-35-51(40,27-64-35)69-29(2)54/h13-22,32-35,37-40,42,60H,23-27H2,1-12H3,(H,53,58)/t32-,33+,34+,35-,37+,38-,39-,40+,42+,50-,51+,52?/m1/s1. The number of nitrogens with one attached hydrogen (secondary N) is 1. The van der Waals surface area contributed by atoms with Gasteiger partial charge in [-0.1, -0.05) is 62.4 Å². The summed E-state index contributed by atoms with van der Waals surface area (Å²) in [6.07, 6.45) is -11.9. The third-order valence-electron chi connectivity index (χ3n) is 14.7.